The molecule has 1 N–H and O–H groups in total. The van der Waals surface area contributed by atoms with Gasteiger partial charge in [-0.05, 0) is 80.5 Å². The number of anilines is 1. The summed E-state index contributed by atoms with van der Waals surface area (Å²) < 4.78 is 0. The summed E-state index contributed by atoms with van der Waals surface area (Å²) in [5.74, 6) is 2.47. The Morgan fingerprint density at radius 1 is 1.04 bits per heavy atom. The average molecular weight is 367 g/mol. The first-order chi connectivity index (χ1) is 12.6. The van der Waals surface area contributed by atoms with E-state index in [2.05, 4.69) is 5.32 Å². The van der Waals surface area contributed by atoms with E-state index in [1.54, 1.807) is 18.3 Å². The number of amides is 1. The number of hydrogen-bond donors (Lipinski definition) is 1. The fourth-order valence-electron chi connectivity index (χ4n) is 6.04. The topological polar surface area (TPSA) is 42.0 Å². The van der Waals surface area contributed by atoms with Crippen molar-refractivity contribution in [1.82, 2.24) is 4.98 Å². The number of rotatable bonds is 3. The molecule has 3 nitrogen and oxygen atoms in total. The van der Waals surface area contributed by atoms with E-state index in [0.717, 1.165) is 23.4 Å². The maximum atomic E-state index is 12.7. The molecule has 1 aromatic heterocycles. The molecule has 4 aliphatic carbocycles. The molecule has 0 spiro atoms. The van der Waals surface area contributed by atoms with Crippen LogP contribution in [0.1, 0.15) is 54.6 Å². The first kappa shape index (κ1) is 16.3. The van der Waals surface area contributed by atoms with Gasteiger partial charge in [0.1, 0.15) is 0 Å². The van der Waals surface area contributed by atoms with Crippen molar-refractivity contribution >= 4 is 23.2 Å². The smallest absolute Gasteiger partial charge is 0.255 e. The number of hydrogen-bond acceptors (Lipinski definition) is 2. The maximum absolute atomic E-state index is 12.7. The SMILES string of the molecule is O=C(Nc1ccccc1Cl)c1ccnc(C23CC4CC(CC(C4)C2)C3)c1. The summed E-state index contributed by atoms with van der Waals surface area (Å²) >= 11 is 6.17. The van der Waals surface area contributed by atoms with E-state index in [1.165, 1.54) is 38.5 Å². The zero-order valence-corrected chi connectivity index (χ0v) is 15.5. The molecular weight excluding hydrogens is 344 g/mol. The normalized spacial score (nSPS) is 31.8. The van der Waals surface area contributed by atoms with Gasteiger partial charge in [0.05, 0.1) is 10.7 Å². The first-order valence-electron chi connectivity index (χ1n) is 9.64. The van der Waals surface area contributed by atoms with Gasteiger partial charge in [0.15, 0.2) is 0 Å². The minimum Gasteiger partial charge on any atom is -0.321 e. The largest absolute Gasteiger partial charge is 0.321 e. The monoisotopic (exact) mass is 366 g/mol. The molecule has 0 aliphatic heterocycles. The zero-order valence-electron chi connectivity index (χ0n) is 14.7. The predicted octanol–water partition coefficient (Wildman–Crippen LogP) is 5.46. The number of nitrogens with zero attached hydrogens (tertiary/aromatic N) is 1. The summed E-state index contributed by atoms with van der Waals surface area (Å²) in [5, 5.41) is 3.48. The quantitative estimate of drug-likeness (QED) is 0.784. The van der Waals surface area contributed by atoms with E-state index in [0.29, 0.717) is 16.3 Å². The Labute approximate surface area is 159 Å². The van der Waals surface area contributed by atoms with Crippen LogP contribution in [0.15, 0.2) is 42.6 Å². The van der Waals surface area contributed by atoms with Gasteiger partial charge >= 0.3 is 0 Å². The lowest BCUT2D eigenvalue weighted by molar-refractivity contribution is -0.00721. The number of pyridine rings is 1. The highest BCUT2D eigenvalue weighted by Crippen LogP contribution is 2.60. The standard InChI is InChI=1S/C22H23ClN2O/c23-18-3-1-2-4-19(18)25-21(26)17-5-6-24-20(10-17)22-11-14-7-15(12-22)9-16(8-14)13-22/h1-6,10,14-16H,7-9,11-13H2,(H,25,26). The fourth-order valence-corrected chi connectivity index (χ4v) is 6.23. The Kier molecular flexibility index (Phi) is 3.82. The highest BCUT2D eigenvalue weighted by Gasteiger charge is 2.52. The first-order valence-corrected chi connectivity index (χ1v) is 10.0. The second-order valence-corrected chi connectivity index (χ2v) is 8.97. The van der Waals surface area contributed by atoms with E-state index in [1.807, 2.05) is 24.3 Å². The van der Waals surface area contributed by atoms with Gasteiger partial charge in [-0.1, -0.05) is 23.7 Å². The molecule has 0 saturated heterocycles. The van der Waals surface area contributed by atoms with Crippen molar-refractivity contribution < 1.29 is 4.79 Å². The predicted molar refractivity (Wildman–Crippen MR) is 103 cm³/mol. The molecule has 134 valence electrons. The van der Waals surface area contributed by atoms with Gasteiger partial charge in [0.25, 0.3) is 5.91 Å². The molecule has 4 saturated carbocycles. The molecule has 1 aromatic carbocycles. The van der Waals surface area contributed by atoms with Crippen LogP contribution < -0.4 is 5.32 Å². The van der Waals surface area contributed by atoms with Gasteiger partial charge in [-0.2, -0.15) is 0 Å². The Balaban J connectivity index is 1.43. The average Bonchev–Trinajstić information content (AvgIpc) is 2.63. The number of aromatic nitrogens is 1. The van der Waals surface area contributed by atoms with Crippen LogP contribution in [-0.4, -0.2) is 10.9 Å². The molecule has 4 aliphatic rings. The second-order valence-electron chi connectivity index (χ2n) is 8.56. The van der Waals surface area contributed by atoms with Gasteiger partial charge in [-0.25, -0.2) is 0 Å². The molecule has 26 heavy (non-hydrogen) atoms. The number of halogens is 1. The van der Waals surface area contributed by atoms with Crippen LogP contribution in [0.5, 0.6) is 0 Å². The zero-order chi connectivity index (χ0) is 17.7. The molecule has 1 amide bonds. The van der Waals surface area contributed by atoms with Crippen molar-refractivity contribution in [2.45, 2.75) is 43.9 Å². The van der Waals surface area contributed by atoms with Gasteiger partial charge in [0.2, 0.25) is 0 Å². The van der Waals surface area contributed by atoms with E-state index in [4.69, 9.17) is 16.6 Å². The lowest BCUT2D eigenvalue weighted by Gasteiger charge is -2.56. The van der Waals surface area contributed by atoms with Crippen LogP contribution in [0, 0.1) is 17.8 Å². The third-order valence-electron chi connectivity index (χ3n) is 6.73. The fraction of sp³-hybridized carbons (Fsp3) is 0.455. The molecule has 2 aromatic rings. The summed E-state index contributed by atoms with van der Waals surface area (Å²) in [7, 11) is 0. The highest BCUT2D eigenvalue weighted by atomic mass is 35.5. The van der Waals surface area contributed by atoms with Crippen molar-refractivity contribution in [3.8, 4) is 0 Å². The van der Waals surface area contributed by atoms with Crippen LogP contribution in [0.25, 0.3) is 0 Å². The third kappa shape index (κ3) is 2.73. The van der Waals surface area contributed by atoms with E-state index >= 15 is 0 Å². The maximum Gasteiger partial charge on any atom is 0.255 e. The number of nitrogens with one attached hydrogen (secondary N) is 1. The lowest BCUT2D eigenvalue weighted by atomic mass is 9.48. The third-order valence-corrected chi connectivity index (χ3v) is 7.06. The van der Waals surface area contributed by atoms with E-state index in [9.17, 15) is 4.79 Å². The van der Waals surface area contributed by atoms with Crippen molar-refractivity contribution in [1.29, 1.82) is 0 Å². The Morgan fingerprint density at radius 3 is 2.35 bits per heavy atom. The van der Waals surface area contributed by atoms with Crippen molar-refractivity contribution in [3.63, 3.8) is 0 Å². The Bertz CT molecular complexity index is 827. The highest BCUT2D eigenvalue weighted by molar-refractivity contribution is 6.33. The lowest BCUT2D eigenvalue weighted by Crippen LogP contribution is -2.49. The number of benzene rings is 1. The van der Waals surface area contributed by atoms with Gasteiger partial charge < -0.3 is 5.32 Å². The van der Waals surface area contributed by atoms with Crippen LogP contribution in [0.2, 0.25) is 5.02 Å². The Hall–Kier alpha value is -1.87. The van der Waals surface area contributed by atoms with Crippen LogP contribution >= 0.6 is 11.6 Å². The molecule has 0 radical (unpaired) electrons. The van der Waals surface area contributed by atoms with E-state index in [-0.39, 0.29) is 11.3 Å². The molecule has 0 unspecified atom stereocenters. The van der Waals surface area contributed by atoms with Crippen LogP contribution in [0.4, 0.5) is 5.69 Å². The summed E-state index contributed by atoms with van der Waals surface area (Å²) in [6, 6.07) is 11.2. The van der Waals surface area contributed by atoms with Gasteiger partial charge in [-0.3, -0.25) is 9.78 Å². The van der Waals surface area contributed by atoms with Crippen molar-refractivity contribution in [3.05, 3.63) is 58.9 Å². The molecule has 4 bridgehead atoms. The molecule has 6 rings (SSSR count). The molecule has 1 heterocycles. The minimum atomic E-state index is -0.119. The number of carbonyl (C=O) groups is 1. The molecule has 0 atom stereocenters. The van der Waals surface area contributed by atoms with Gasteiger partial charge in [0, 0.05) is 22.9 Å². The summed E-state index contributed by atoms with van der Waals surface area (Å²) in [4.78, 5) is 17.5. The molecule has 4 heteroatoms. The summed E-state index contributed by atoms with van der Waals surface area (Å²) in [5.41, 5.74) is 2.65. The van der Waals surface area contributed by atoms with Gasteiger partial charge in [-0.15, -0.1) is 0 Å². The minimum absolute atomic E-state index is 0.119. The van der Waals surface area contributed by atoms with Crippen molar-refractivity contribution in [2.75, 3.05) is 5.32 Å². The summed E-state index contributed by atoms with van der Waals surface area (Å²) in [6.45, 7) is 0. The summed E-state index contributed by atoms with van der Waals surface area (Å²) in [6.07, 6.45) is 9.78. The Morgan fingerprint density at radius 2 is 1.69 bits per heavy atom. The van der Waals surface area contributed by atoms with Crippen molar-refractivity contribution in [2.24, 2.45) is 17.8 Å². The second kappa shape index (κ2) is 6.09. The number of para-hydroxylation sites is 1. The van der Waals surface area contributed by atoms with E-state index < -0.39 is 0 Å². The molecule has 4 fully saturated rings. The number of carbonyl (C=O) groups excluding carboxylic acids is 1. The molecular formula is C22H23ClN2O. The van der Waals surface area contributed by atoms with Crippen LogP contribution in [-0.2, 0) is 5.41 Å². The van der Waals surface area contributed by atoms with Crippen LogP contribution in [0.3, 0.4) is 0 Å².